The molecule has 0 aromatic carbocycles. The normalized spacial score (nSPS) is 14.8. The molecule has 0 aliphatic rings. The molecule has 0 amide bonds. The number of carbonyl (C=O) groups is 4. The van der Waals surface area contributed by atoms with Crippen LogP contribution in [0.15, 0.2) is 0 Å². The molecular formula is C22H36F2O8. The van der Waals surface area contributed by atoms with E-state index >= 15 is 0 Å². The molecule has 32 heavy (non-hydrogen) atoms. The van der Waals surface area contributed by atoms with Crippen molar-refractivity contribution in [3.8, 4) is 0 Å². The van der Waals surface area contributed by atoms with E-state index in [4.69, 9.17) is 14.6 Å². The van der Waals surface area contributed by atoms with Crippen molar-refractivity contribution in [1.29, 1.82) is 0 Å². The Balaban J connectivity index is 5.52. The van der Waals surface area contributed by atoms with Gasteiger partial charge < -0.3 is 19.3 Å². The summed E-state index contributed by atoms with van der Waals surface area (Å²) in [5.41, 5.74) is -2.45. The fraction of sp³-hybridized carbons (Fsp3) is 0.818. The van der Waals surface area contributed by atoms with Crippen molar-refractivity contribution in [2.45, 2.75) is 79.6 Å². The summed E-state index contributed by atoms with van der Waals surface area (Å²) in [6.45, 7) is 8.50. The number of aliphatic carboxylic acids is 1. The molecule has 0 radical (unpaired) electrons. The van der Waals surface area contributed by atoms with Crippen LogP contribution in [0.1, 0.15) is 73.6 Å². The fourth-order valence-electron chi connectivity index (χ4n) is 3.01. The van der Waals surface area contributed by atoms with E-state index in [1.165, 1.54) is 13.8 Å². The zero-order chi connectivity index (χ0) is 25.2. The summed E-state index contributed by atoms with van der Waals surface area (Å²) in [7, 11) is 0. The quantitative estimate of drug-likeness (QED) is 0.219. The number of halogens is 2. The van der Waals surface area contributed by atoms with E-state index in [9.17, 15) is 28.0 Å². The molecule has 186 valence electrons. The van der Waals surface area contributed by atoms with Crippen LogP contribution in [-0.4, -0.2) is 54.7 Å². The third-order valence-electron chi connectivity index (χ3n) is 5.33. The molecule has 0 fully saturated rings. The Bertz CT molecular complexity index is 662. The number of rotatable bonds is 15. The minimum atomic E-state index is -4.23. The second-order valence-electron chi connectivity index (χ2n) is 8.73. The summed E-state index contributed by atoms with van der Waals surface area (Å²) in [5, 5.41) is 8.47. The van der Waals surface area contributed by atoms with E-state index in [1.54, 1.807) is 20.8 Å². The van der Waals surface area contributed by atoms with E-state index in [2.05, 4.69) is 4.74 Å². The Labute approximate surface area is 188 Å². The summed E-state index contributed by atoms with van der Waals surface area (Å²) in [4.78, 5) is 48.2. The molecule has 0 saturated carbocycles. The highest BCUT2D eigenvalue weighted by Crippen LogP contribution is 2.38. The first-order valence-electron chi connectivity index (χ1n) is 10.8. The van der Waals surface area contributed by atoms with Crippen LogP contribution in [-0.2, 0) is 33.4 Å². The van der Waals surface area contributed by atoms with Gasteiger partial charge in [-0.15, -0.1) is 0 Å². The molecule has 0 aromatic rings. The van der Waals surface area contributed by atoms with Gasteiger partial charge in [-0.1, -0.05) is 20.3 Å². The minimum Gasteiger partial charge on any atom is -0.477 e. The lowest BCUT2D eigenvalue weighted by Gasteiger charge is -2.33. The zero-order valence-corrected chi connectivity index (χ0v) is 19.8. The molecule has 0 aliphatic carbocycles. The molecule has 8 nitrogen and oxygen atoms in total. The van der Waals surface area contributed by atoms with E-state index in [-0.39, 0.29) is 26.1 Å². The topological polar surface area (TPSA) is 116 Å². The molecule has 0 aromatic heterocycles. The molecule has 0 heterocycles. The number of carboxylic acid groups (broad SMARTS) is 1. The predicted octanol–water partition coefficient (Wildman–Crippen LogP) is 3.99. The van der Waals surface area contributed by atoms with Crippen molar-refractivity contribution >= 4 is 23.9 Å². The first-order valence-corrected chi connectivity index (χ1v) is 10.8. The van der Waals surface area contributed by atoms with Gasteiger partial charge in [0.2, 0.25) is 0 Å². The smallest absolute Gasteiger partial charge is 0.378 e. The van der Waals surface area contributed by atoms with Crippen molar-refractivity contribution < 1.29 is 47.3 Å². The van der Waals surface area contributed by atoms with Crippen molar-refractivity contribution in [1.82, 2.24) is 0 Å². The molecule has 1 N–H and O–H groups in total. The standard InChI is InChI=1S/C22H36F2O8/c1-7-10-11-31-19(29)21(6,8-2)13-15(16(25)30-9-3)12-20(4,5)18(28)32-14-22(23,24)17(26)27/h15H,7-14H2,1-6H3,(H,26,27). The van der Waals surface area contributed by atoms with Gasteiger partial charge >= 0.3 is 29.8 Å². The zero-order valence-electron chi connectivity index (χ0n) is 19.8. The SMILES string of the molecule is CCCCOC(=O)C(C)(CC)CC(CC(C)(C)C(=O)OCC(F)(F)C(=O)O)C(=O)OCC. The summed E-state index contributed by atoms with van der Waals surface area (Å²) in [6.07, 6.45) is 1.78. The van der Waals surface area contributed by atoms with Gasteiger partial charge in [0.25, 0.3) is 0 Å². The van der Waals surface area contributed by atoms with Crippen LogP contribution in [0.3, 0.4) is 0 Å². The first-order chi connectivity index (χ1) is 14.7. The van der Waals surface area contributed by atoms with Crippen LogP contribution in [0.5, 0.6) is 0 Å². The van der Waals surface area contributed by atoms with E-state index in [0.717, 1.165) is 6.42 Å². The van der Waals surface area contributed by atoms with Crippen molar-refractivity contribution in [3.05, 3.63) is 0 Å². The molecule has 0 rings (SSSR count). The lowest BCUT2D eigenvalue weighted by molar-refractivity contribution is -0.182. The van der Waals surface area contributed by atoms with Gasteiger partial charge in [0, 0.05) is 0 Å². The Morgan fingerprint density at radius 2 is 1.50 bits per heavy atom. The lowest BCUT2D eigenvalue weighted by atomic mass is 9.73. The summed E-state index contributed by atoms with van der Waals surface area (Å²) >= 11 is 0. The third-order valence-corrected chi connectivity index (χ3v) is 5.33. The number of esters is 3. The summed E-state index contributed by atoms with van der Waals surface area (Å²) in [5.74, 6) is -9.74. The molecule has 0 spiro atoms. The van der Waals surface area contributed by atoms with E-state index in [0.29, 0.717) is 12.8 Å². The predicted molar refractivity (Wildman–Crippen MR) is 111 cm³/mol. The number of alkyl halides is 2. The fourth-order valence-corrected chi connectivity index (χ4v) is 3.01. The highest BCUT2D eigenvalue weighted by molar-refractivity contribution is 5.81. The second-order valence-corrected chi connectivity index (χ2v) is 8.73. The Hall–Kier alpha value is -2.26. The maximum absolute atomic E-state index is 13.3. The third kappa shape index (κ3) is 9.08. The van der Waals surface area contributed by atoms with Gasteiger partial charge in [-0.3, -0.25) is 14.4 Å². The number of hydrogen-bond donors (Lipinski definition) is 1. The molecular weight excluding hydrogens is 430 g/mol. The molecule has 2 unspecified atom stereocenters. The number of hydrogen-bond acceptors (Lipinski definition) is 7. The highest BCUT2D eigenvalue weighted by Gasteiger charge is 2.45. The average Bonchev–Trinajstić information content (AvgIpc) is 2.71. The molecule has 0 aliphatic heterocycles. The summed E-state index contributed by atoms with van der Waals surface area (Å²) in [6, 6.07) is 0. The molecule has 2 atom stereocenters. The highest BCUT2D eigenvalue weighted by atomic mass is 19.3. The van der Waals surface area contributed by atoms with Gasteiger partial charge in [0.15, 0.2) is 6.61 Å². The van der Waals surface area contributed by atoms with Gasteiger partial charge in [0.05, 0.1) is 30.0 Å². The van der Waals surface area contributed by atoms with Crippen molar-refractivity contribution in [2.24, 2.45) is 16.7 Å². The minimum absolute atomic E-state index is 0.0231. The summed E-state index contributed by atoms with van der Waals surface area (Å²) < 4.78 is 41.5. The van der Waals surface area contributed by atoms with Crippen LogP contribution in [0.2, 0.25) is 0 Å². The maximum Gasteiger partial charge on any atom is 0.378 e. The van der Waals surface area contributed by atoms with Crippen molar-refractivity contribution in [2.75, 3.05) is 19.8 Å². The van der Waals surface area contributed by atoms with Crippen molar-refractivity contribution in [3.63, 3.8) is 0 Å². The van der Waals surface area contributed by atoms with Crippen LogP contribution < -0.4 is 0 Å². The lowest BCUT2D eigenvalue weighted by Crippen LogP contribution is -2.40. The van der Waals surface area contributed by atoms with Crippen LogP contribution in [0, 0.1) is 16.7 Å². The van der Waals surface area contributed by atoms with Crippen LogP contribution in [0.25, 0.3) is 0 Å². The number of carboxylic acids is 1. The number of unbranched alkanes of at least 4 members (excludes halogenated alkanes) is 1. The Morgan fingerprint density at radius 3 is 1.97 bits per heavy atom. The van der Waals surface area contributed by atoms with Crippen LogP contribution in [0.4, 0.5) is 8.78 Å². The molecule has 0 bridgehead atoms. The monoisotopic (exact) mass is 466 g/mol. The van der Waals surface area contributed by atoms with Gasteiger partial charge in [0.1, 0.15) is 0 Å². The van der Waals surface area contributed by atoms with Gasteiger partial charge in [-0.05, 0) is 53.4 Å². The maximum atomic E-state index is 13.3. The molecule has 0 saturated heterocycles. The van der Waals surface area contributed by atoms with E-state index in [1.807, 2.05) is 6.92 Å². The largest absolute Gasteiger partial charge is 0.477 e. The van der Waals surface area contributed by atoms with Gasteiger partial charge in [-0.2, -0.15) is 8.78 Å². The first kappa shape index (κ1) is 29.7. The number of ether oxygens (including phenoxy) is 3. The van der Waals surface area contributed by atoms with Gasteiger partial charge in [-0.25, -0.2) is 4.79 Å². The second kappa shape index (κ2) is 12.7. The average molecular weight is 467 g/mol. The Kier molecular flexibility index (Phi) is 11.8. The van der Waals surface area contributed by atoms with E-state index < -0.39 is 53.2 Å². The molecule has 10 heteroatoms. The van der Waals surface area contributed by atoms with Crippen LogP contribution >= 0.6 is 0 Å². The Morgan fingerprint density at radius 1 is 0.906 bits per heavy atom. The number of carbonyl (C=O) groups excluding carboxylic acids is 3.